The van der Waals surface area contributed by atoms with Gasteiger partial charge in [0.2, 0.25) is 0 Å². The topological polar surface area (TPSA) is 0 Å². The fraction of sp³-hybridized carbons (Fsp3) is 0.467. The third kappa shape index (κ3) is 4.83. The van der Waals surface area contributed by atoms with Crippen molar-refractivity contribution in [1.82, 2.24) is 0 Å². The van der Waals surface area contributed by atoms with E-state index in [0.717, 1.165) is 12.8 Å². The first-order valence-electron chi connectivity index (χ1n) is 5.68. The van der Waals surface area contributed by atoms with Gasteiger partial charge in [-0.15, -0.1) is 0 Å². The van der Waals surface area contributed by atoms with E-state index in [1.165, 1.54) is 11.1 Å². The molecule has 0 N–H and O–H groups in total. The molecular formula is C15H21. The van der Waals surface area contributed by atoms with Crippen LogP contribution in [0.15, 0.2) is 30.3 Å². The van der Waals surface area contributed by atoms with Crippen molar-refractivity contribution in [1.29, 1.82) is 0 Å². The van der Waals surface area contributed by atoms with Gasteiger partial charge in [0.25, 0.3) is 0 Å². The molecule has 0 aliphatic rings. The second-order valence-electron chi connectivity index (χ2n) is 5.19. The molecule has 0 aromatic heterocycles. The normalized spacial score (nSPS) is 12.3. The minimum atomic E-state index is 0.366. The Morgan fingerprint density at radius 1 is 1.13 bits per heavy atom. The van der Waals surface area contributed by atoms with Gasteiger partial charge in [0.05, 0.1) is 0 Å². The molecule has 0 spiro atoms. The van der Waals surface area contributed by atoms with Gasteiger partial charge in [-0.25, -0.2) is 0 Å². The van der Waals surface area contributed by atoms with Crippen molar-refractivity contribution in [2.24, 2.45) is 5.41 Å². The summed E-state index contributed by atoms with van der Waals surface area (Å²) in [6.07, 6.45) is 7.50. The summed E-state index contributed by atoms with van der Waals surface area (Å²) in [6, 6.07) is 8.70. The van der Waals surface area contributed by atoms with Crippen molar-refractivity contribution in [3.63, 3.8) is 0 Å². The first-order chi connectivity index (χ1) is 7.01. The third-order valence-electron chi connectivity index (χ3n) is 2.16. The summed E-state index contributed by atoms with van der Waals surface area (Å²) in [5, 5.41) is 0. The van der Waals surface area contributed by atoms with Crippen LogP contribution in [0.2, 0.25) is 0 Å². The van der Waals surface area contributed by atoms with Crippen LogP contribution in [0, 0.1) is 11.5 Å². The van der Waals surface area contributed by atoms with Crippen LogP contribution >= 0.6 is 0 Å². The predicted molar refractivity (Wildman–Crippen MR) is 66.8 cm³/mol. The van der Waals surface area contributed by atoms with Crippen molar-refractivity contribution < 1.29 is 0 Å². The van der Waals surface area contributed by atoms with E-state index in [0.29, 0.717) is 5.41 Å². The first-order valence-corrected chi connectivity index (χ1v) is 5.68. The Morgan fingerprint density at radius 2 is 1.73 bits per heavy atom. The molecule has 0 bridgehead atoms. The molecule has 15 heavy (non-hydrogen) atoms. The van der Waals surface area contributed by atoms with Gasteiger partial charge in [-0.3, -0.25) is 0 Å². The second-order valence-corrected chi connectivity index (χ2v) is 5.19. The van der Waals surface area contributed by atoms with Crippen LogP contribution in [0.5, 0.6) is 0 Å². The quantitative estimate of drug-likeness (QED) is 0.680. The Kier molecular flexibility index (Phi) is 4.14. The van der Waals surface area contributed by atoms with Gasteiger partial charge in [0.1, 0.15) is 0 Å². The lowest BCUT2D eigenvalue weighted by Gasteiger charge is -2.17. The average Bonchev–Trinajstić information content (AvgIpc) is 2.14. The second kappa shape index (κ2) is 5.16. The van der Waals surface area contributed by atoms with Gasteiger partial charge in [-0.1, -0.05) is 58.0 Å². The van der Waals surface area contributed by atoms with E-state index in [1.807, 2.05) is 0 Å². The highest BCUT2D eigenvalue weighted by atomic mass is 14.2. The zero-order valence-corrected chi connectivity index (χ0v) is 10.3. The monoisotopic (exact) mass is 201 g/mol. The molecule has 1 aromatic rings. The molecule has 0 atom stereocenters. The minimum absolute atomic E-state index is 0.366. The van der Waals surface area contributed by atoms with Crippen LogP contribution in [0.4, 0.5) is 0 Å². The fourth-order valence-electron chi connectivity index (χ4n) is 1.55. The van der Waals surface area contributed by atoms with E-state index in [9.17, 15) is 0 Å². The van der Waals surface area contributed by atoms with E-state index in [1.54, 1.807) is 0 Å². The zero-order valence-electron chi connectivity index (χ0n) is 10.3. The van der Waals surface area contributed by atoms with Gasteiger partial charge in [-0.2, -0.15) is 0 Å². The number of allylic oxidation sites excluding steroid dienone is 1. The van der Waals surface area contributed by atoms with Crippen molar-refractivity contribution in [3.05, 3.63) is 47.5 Å². The van der Waals surface area contributed by atoms with Gasteiger partial charge in [0.15, 0.2) is 0 Å². The van der Waals surface area contributed by atoms with Crippen LogP contribution in [-0.4, -0.2) is 0 Å². The Balaban J connectivity index is 2.68. The Bertz CT molecular complexity index is 309. The summed E-state index contributed by atoms with van der Waals surface area (Å²) < 4.78 is 0. The molecule has 1 aromatic carbocycles. The zero-order chi connectivity index (χ0) is 11.3. The largest absolute Gasteiger partial charge is 0.0763 e. The highest BCUT2D eigenvalue weighted by Crippen LogP contribution is 2.20. The van der Waals surface area contributed by atoms with Crippen molar-refractivity contribution >= 4 is 0 Å². The molecule has 0 unspecified atom stereocenters. The molecule has 1 radical (unpaired) electrons. The van der Waals surface area contributed by atoms with Crippen molar-refractivity contribution in [3.8, 4) is 0 Å². The Hall–Kier alpha value is -1.04. The Labute approximate surface area is 94.0 Å². The average molecular weight is 201 g/mol. The lowest BCUT2D eigenvalue weighted by atomic mass is 9.88. The lowest BCUT2D eigenvalue weighted by molar-refractivity contribution is 0.411. The number of hydrogen-bond donors (Lipinski definition) is 0. The van der Waals surface area contributed by atoms with E-state index in [4.69, 9.17) is 0 Å². The molecule has 0 amide bonds. The highest BCUT2D eigenvalue weighted by Gasteiger charge is 2.10. The molecule has 81 valence electrons. The summed E-state index contributed by atoms with van der Waals surface area (Å²) in [6.45, 7) is 8.93. The van der Waals surface area contributed by atoms with Crippen LogP contribution in [0.3, 0.4) is 0 Å². The maximum Gasteiger partial charge on any atom is -0.0149 e. The highest BCUT2D eigenvalue weighted by molar-refractivity contribution is 5.27. The predicted octanol–water partition coefficient (Wildman–Crippen LogP) is 4.39. The van der Waals surface area contributed by atoms with Crippen LogP contribution in [0.1, 0.15) is 45.2 Å². The van der Waals surface area contributed by atoms with Gasteiger partial charge >= 0.3 is 0 Å². The maximum absolute atomic E-state index is 3.26. The third-order valence-corrected chi connectivity index (χ3v) is 2.16. The first kappa shape index (κ1) is 12.0. The minimum Gasteiger partial charge on any atom is -0.0763 e. The molecule has 0 saturated carbocycles. The summed E-state index contributed by atoms with van der Waals surface area (Å²) in [7, 11) is 0. The van der Waals surface area contributed by atoms with Crippen molar-refractivity contribution in [2.45, 2.75) is 40.5 Å². The number of rotatable bonds is 3. The van der Waals surface area contributed by atoms with E-state index in [2.05, 4.69) is 64.1 Å². The number of hydrogen-bond acceptors (Lipinski definition) is 0. The molecule has 0 aliphatic carbocycles. The number of benzene rings is 1. The summed E-state index contributed by atoms with van der Waals surface area (Å²) >= 11 is 0. The SMILES string of the molecule is CC/C=[C]\c1ccc(CC(C)(C)C)cc1. The molecule has 0 heterocycles. The van der Waals surface area contributed by atoms with E-state index in [-0.39, 0.29) is 0 Å². The van der Waals surface area contributed by atoms with Crippen molar-refractivity contribution in [2.75, 3.05) is 0 Å². The van der Waals surface area contributed by atoms with Crippen LogP contribution in [0.25, 0.3) is 0 Å². The van der Waals surface area contributed by atoms with Gasteiger partial charge in [-0.05, 0) is 35.5 Å². The summed E-state index contributed by atoms with van der Waals surface area (Å²) in [5.41, 5.74) is 2.95. The fourth-order valence-corrected chi connectivity index (χ4v) is 1.55. The van der Waals surface area contributed by atoms with Crippen LogP contribution < -0.4 is 0 Å². The smallest absolute Gasteiger partial charge is 0.0149 e. The molecule has 0 fully saturated rings. The Morgan fingerprint density at radius 3 is 2.20 bits per heavy atom. The standard InChI is InChI=1S/C15H21/c1-5-6-7-13-8-10-14(11-9-13)12-15(2,3)4/h6,8-11H,5,12H2,1-4H3. The molecular weight excluding hydrogens is 180 g/mol. The molecule has 0 nitrogen and oxygen atoms in total. The van der Waals surface area contributed by atoms with Crippen LogP contribution in [-0.2, 0) is 6.42 Å². The van der Waals surface area contributed by atoms with E-state index < -0.39 is 0 Å². The summed E-state index contributed by atoms with van der Waals surface area (Å²) in [4.78, 5) is 0. The van der Waals surface area contributed by atoms with Gasteiger partial charge < -0.3 is 0 Å². The molecule has 0 heteroatoms. The molecule has 0 aliphatic heterocycles. The summed E-state index contributed by atoms with van der Waals surface area (Å²) in [5.74, 6) is 0. The van der Waals surface area contributed by atoms with E-state index >= 15 is 0 Å². The van der Waals surface area contributed by atoms with Gasteiger partial charge in [0, 0.05) is 0 Å². The molecule has 0 saturated heterocycles. The maximum atomic E-state index is 3.26. The lowest BCUT2D eigenvalue weighted by Crippen LogP contribution is -2.08. The molecule has 1 rings (SSSR count).